The quantitative estimate of drug-likeness (QED) is 0.685. The molecule has 1 saturated heterocycles. The van der Waals surface area contributed by atoms with Crippen LogP contribution in [0, 0.1) is 11.3 Å². The second-order valence-electron chi connectivity index (χ2n) is 5.90. The maximum atomic E-state index is 9.07. The zero-order chi connectivity index (χ0) is 14.1. The lowest BCUT2D eigenvalue weighted by Gasteiger charge is -2.27. The minimum Gasteiger partial charge on any atom is -0.377 e. The minimum absolute atomic E-state index is 0.370. The average Bonchev–Trinajstić information content (AvgIpc) is 2.44. The molecule has 19 heavy (non-hydrogen) atoms. The second kappa shape index (κ2) is 8.52. The van der Waals surface area contributed by atoms with Crippen molar-refractivity contribution in [1.29, 1.82) is 5.26 Å². The lowest BCUT2D eigenvalue weighted by atomic mass is 9.97. The largest absolute Gasteiger partial charge is 0.377 e. The molecule has 0 spiro atoms. The van der Waals surface area contributed by atoms with Gasteiger partial charge in [-0.2, -0.15) is 5.26 Å². The van der Waals surface area contributed by atoms with Crippen molar-refractivity contribution in [3.8, 4) is 6.07 Å². The van der Waals surface area contributed by atoms with E-state index in [4.69, 9.17) is 10.00 Å². The fourth-order valence-electron chi connectivity index (χ4n) is 2.49. The molecule has 1 N–H and O–H groups in total. The van der Waals surface area contributed by atoms with Gasteiger partial charge in [0.15, 0.2) is 0 Å². The third-order valence-corrected chi connectivity index (χ3v) is 4.05. The summed E-state index contributed by atoms with van der Waals surface area (Å²) in [5.74, 6) is 0. The molecule has 0 radical (unpaired) electrons. The van der Waals surface area contributed by atoms with Gasteiger partial charge in [0.05, 0.1) is 12.2 Å². The van der Waals surface area contributed by atoms with E-state index in [1.165, 1.54) is 19.3 Å². The number of hydrogen-bond acceptors (Lipinski definition) is 4. The Morgan fingerprint density at radius 2 is 2.21 bits per heavy atom. The van der Waals surface area contributed by atoms with Gasteiger partial charge in [0.25, 0.3) is 0 Å². The van der Waals surface area contributed by atoms with E-state index in [1.54, 1.807) is 0 Å². The summed E-state index contributed by atoms with van der Waals surface area (Å²) >= 11 is 0. The normalized spacial score (nSPS) is 23.0. The van der Waals surface area contributed by atoms with Crippen molar-refractivity contribution in [2.75, 3.05) is 33.8 Å². The van der Waals surface area contributed by atoms with E-state index in [0.717, 1.165) is 39.0 Å². The Bertz CT molecular complexity index is 284. The van der Waals surface area contributed by atoms with Crippen molar-refractivity contribution in [2.24, 2.45) is 0 Å². The molecular formula is C15H29N3O. The molecule has 2 unspecified atom stereocenters. The number of likely N-dealkylation sites (N-methyl/N-ethyl adjacent to an activating group) is 1. The van der Waals surface area contributed by atoms with Gasteiger partial charge in [0.1, 0.15) is 5.54 Å². The summed E-state index contributed by atoms with van der Waals surface area (Å²) in [6, 6.07) is 2.34. The molecule has 0 saturated carbocycles. The molecule has 1 fully saturated rings. The summed E-state index contributed by atoms with van der Waals surface area (Å²) in [6.07, 6.45) is 7.30. The molecule has 1 aliphatic rings. The van der Waals surface area contributed by atoms with Crippen LogP contribution in [0.3, 0.4) is 0 Å². The van der Waals surface area contributed by atoms with Gasteiger partial charge in [0.2, 0.25) is 0 Å². The Hall–Kier alpha value is -0.630. The standard InChI is InChI=1S/C15H29N3O/c1-15(13-16,17-2)9-5-6-10-18(3)12-14-8-4-7-11-19-14/h14,17H,4-12H2,1-3H3. The fourth-order valence-corrected chi connectivity index (χ4v) is 2.49. The van der Waals surface area contributed by atoms with E-state index in [2.05, 4.69) is 23.3 Å². The third kappa shape index (κ3) is 6.38. The number of ether oxygens (including phenoxy) is 1. The van der Waals surface area contributed by atoms with Crippen molar-refractivity contribution in [2.45, 2.75) is 57.1 Å². The second-order valence-corrected chi connectivity index (χ2v) is 5.90. The number of unbranched alkanes of at least 4 members (excludes halogenated alkanes) is 1. The smallest absolute Gasteiger partial charge is 0.103 e. The van der Waals surface area contributed by atoms with Crippen molar-refractivity contribution in [3.05, 3.63) is 0 Å². The molecule has 0 aromatic rings. The number of nitrogens with one attached hydrogen (secondary N) is 1. The van der Waals surface area contributed by atoms with Crippen LogP contribution in [0.1, 0.15) is 45.4 Å². The summed E-state index contributed by atoms with van der Waals surface area (Å²) in [5.41, 5.74) is -0.370. The van der Waals surface area contributed by atoms with Crippen LogP contribution in [-0.2, 0) is 4.74 Å². The number of rotatable bonds is 8. The van der Waals surface area contributed by atoms with Gasteiger partial charge < -0.3 is 15.0 Å². The van der Waals surface area contributed by atoms with Crippen LogP contribution in [0.15, 0.2) is 0 Å². The van der Waals surface area contributed by atoms with Gasteiger partial charge in [-0.3, -0.25) is 0 Å². The molecule has 0 aliphatic carbocycles. The monoisotopic (exact) mass is 267 g/mol. The molecule has 1 aliphatic heterocycles. The molecule has 1 rings (SSSR count). The van der Waals surface area contributed by atoms with Crippen LogP contribution in [-0.4, -0.2) is 50.3 Å². The summed E-state index contributed by atoms with van der Waals surface area (Å²) in [7, 11) is 4.02. The van der Waals surface area contributed by atoms with E-state index in [9.17, 15) is 0 Å². The van der Waals surface area contributed by atoms with Gasteiger partial charge in [-0.05, 0) is 66.1 Å². The van der Waals surface area contributed by atoms with E-state index in [0.29, 0.717) is 6.10 Å². The first-order chi connectivity index (χ1) is 9.09. The van der Waals surface area contributed by atoms with E-state index >= 15 is 0 Å². The predicted octanol–water partition coefficient (Wildman–Crippen LogP) is 2.16. The highest BCUT2D eigenvalue weighted by molar-refractivity contribution is 5.02. The molecule has 110 valence electrons. The zero-order valence-corrected chi connectivity index (χ0v) is 12.7. The zero-order valence-electron chi connectivity index (χ0n) is 12.7. The fraction of sp³-hybridized carbons (Fsp3) is 0.933. The summed E-state index contributed by atoms with van der Waals surface area (Å²) in [5, 5.41) is 12.2. The maximum absolute atomic E-state index is 9.07. The lowest BCUT2D eigenvalue weighted by molar-refractivity contribution is -0.00164. The third-order valence-electron chi connectivity index (χ3n) is 4.05. The van der Waals surface area contributed by atoms with Crippen LogP contribution in [0.5, 0.6) is 0 Å². The summed E-state index contributed by atoms with van der Waals surface area (Å²) in [4.78, 5) is 2.36. The Morgan fingerprint density at radius 1 is 1.42 bits per heavy atom. The number of hydrogen-bond donors (Lipinski definition) is 1. The average molecular weight is 267 g/mol. The first kappa shape index (κ1) is 16.4. The van der Waals surface area contributed by atoms with E-state index < -0.39 is 0 Å². The summed E-state index contributed by atoms with van der Waals surface area (Å²) in [6.45, 7) is 5.03. The van der Waals surface area contributed by atoms with Gasteiger partial charge >= 0.3 is 0 Å². The molecule has 4 heteroatoms. The van der Waals surface area contributed by atoms with Crippen molar-refractivity contribution >= 4 is 0 Å². The Labute approximate surface area is 118 Å². The lowest BCUT2D eigenvalue weighted by Crippen LogP contribution is -2.38. The highest BCUT2D eigenvalue weighted by atomic mass is 16.5. The minimum atomic E-state index is -0.370. The molecular weight excluding hydrogens is 238 g/mol. The predicted molar refractivity (Wildman–Crippen MR) is 78.0 cm³/mol. The van der Waals surface area contributed by atoms with Crippen molar-refractivity contribution < 1.29 is 4.74 Å². The highest BCUT2D eigenvalue weighted by Crippen LogP contribution is 2.15. The summed E-state index contributed by atoms with van der Waals surface area (Å²) < 4.78 is 5.75. The van der Waals surface area contributed by atoms with Crippen LogP contribution < -0.4 is 5.32 Å². The molecule has 0 amide bonds. The first-order valence-corrected chi connectivity index (χ1v) is 7.50. The SMILES string of the molecule is CNC(C)(C#N)CCCCN(C)CC1CCCCO1. The van der Waals surface area contributed by atoms with Gasteiger partial charge in [-0.1, -0.05) is 0 Å². The van der Waals surface area contributed by atoms with Crippen LogP contribution in [0.2, 0.25) is 0 Å². The molecule has 2 atom stereocenters. The number of nitrogens with zero attached hydrogens (tertiary/aromatic N) is 2. The van der Waals surface area contributed by atoms with Crippen molar-refractivity contribution in [1.82, 2.24) is 10.2 Å². The molecule has 0 aromatic heterocycles. The molecule has 0 aromatic carbocycles. The van der Waals surface area contributed by atoms with Crippen molar-refractivity contribution in [3.63, 3.8) is 0 Å². The van der Waals surface area contributed by atoms with Crippen LogP contribution in [0.25, 0.3) is 0 Å². The highest BCUT2D eigenvalue weighted by Gasteiger charge is 2.20. The van der Waals surface area contributed by atoms with Gasteiger partial charge in [-0.25, -0.2) is 0 Å². The molecule has 0 bridgehead atoms. The number of nitriles is 1. The Kier molecular flexibility index (Phi) is 7.37. The van der Waals surface area contributed by atoms with Gasteiger partial charge in [0, 0.05) is 13.2 Å². The topological polar surface area (TPSA) is 48.3 Å². The van der Waals surface area contributed by atoms with E-state index in [-0.39, 0.29) is 5.54 Å². The molecule has 1 heterocycles. The Balaban J connectivity index is 2.10. The Morgan fingerprint density at radius 3 is 2.79 bits per heavy atom. The van der Waals surface area contributed by atoms with Gasteiger partial charge in [-0.15, -0.1) is 0 Å². The maximum Gasteiger partial charge on any atom is 0.103 e. The van der Waals surface area contributed by atoms with Crippen LogP contribution in [0.4, 0.5) is 0 Å². The first-order valence-electron chi connectivity index (χ1n) is 7.50. The molecule has 4 nitrogen and oxygen atoms in total. The van der Waals surface area contributed by atoms with E-state index in [1.807, 2.05) is 14.0 Å². The van der Waals surface area contributed by atoms with Crippen LogP contribution >= 0.6 is 0 Å².